The first kappa shape index (κ1) is 11.9. The molecule has 98 valence electrons. The van der Waals surface area contributed by atoms with Crippen molar-refractivity contribution in [3.05, 3.63) is 0 Å². The number of piperidine rings is 6. The van der Waals surface area contributed by atoms with Crippen molar-refractivity contribution in [3.8, 4) is 0 Å². The van der Waals surface area contributed by atoms with Crippen molar-refractivity contribution in [2.75, 3.05) is 39.3 Å². The van der Waals surface area contributed by atoms with Crippen LogP contribution in [0.15, 0.2) is 0 Å². The van der Waals surface area contributed by atoms with Gasteiger partial charge >= 0.3 is 0 Å². The van der Waals surface area contributed by atoms with E-state index in [1.54, 1.807) is 0 Å². The summed E-state index contributed by atoms with van der Waals surface area (Å²) >= 11 is 0. The van der Waals surface area contributed by atoms with E-state index >= 15 is 0 Å². The summed E-state index contributed by atoms with van der Waals surface area (Å²) in [7, 11) is 0. The van der Waals surface area contributed by atoms with Gasteiger partial charge in [0.2, 0.25) is 0 Å². The summed E-state index contributed by atoms with van der Waals surface area (Å²) in [6.45, 7) is 7.56. The number of hydrogen-bond donors (Lipinski definition) is 1. The first-order valence-corrected chi connectivity index (χ1v) is 7.44. The molecule has 1 N–H and O–H groups in total. The second-order valence-electron chi connectivity index (χ2n) is 6.28. The Labute approximate surface area is 105 Å². The van der Waals surface area contributed by atoms with E-state index in [-0.39, 0.29) is 6.10 Å². The van der Waals surface area contributed by atoms with Gasteiger partial charge in [0, 0.05) is 6.54 Å². The molecule has 3 nitrogen and oxygen atoms in total. The molecule has 0 amide bonds. The van der Waals surface area contributed by atoms with Crippen LogP contribution in [-0.4, -0.2) is 60.3 Å². The molecule has 6 aliphatic heterocycles. The Kier molecular flexibility index (Phi) is 3.69. The minimum atomic E-state index is -0.00694. The molecule has 6 aliphatic rings. The van der Waals surface area contributed by atoms with Crippen molar-refractivity contribution < 1.29 is 5.11 Å². The summed E-state index contributed by atoms with van der Waals surface area (Å²) in [5.41, 5.74) is 0. The summed E-state index contributed by atoms with van der Waals surface area (Å²) < 4.78 is 0. The quantitative estimate of drug-likeness (QED) is 0.686. The molecule has 0 aliphatic carbocycles. The van der Waals surface area contributed by atoms with Gasteiger partial charge in [-0.1, -0.05) is 0 Å². The van der Waals surface area contributed by atoms with Crippen molar-refractivity contribution >= 4 is 0 Å². The number of hydrogen-bond acceptors (Lipinski definition) is 3. The highest BCUT2D eigenvalue weighted by atomic mass is 16.3. The molecule has 4 bridgehead atoms. The van der Waals surface area contributed by atoms with Gasteiger partial charge in [-0.3, -0.25) is 0 Å². The maximum Gasteiger partial charge on any atom is 0.0696 e. The van der Waals surface area contributed by atoms with E-state index < -0.39 is 0 Å². The van der Waals surface area contributed by atoms with Gasteiger partial charge in [0.05, 0.1) is 6.10 Å². The second kappa shape index (κ2) is 5.25. The van der Waals surface area contributed by atoms with Crippen LogP contribution in [0.2, 0.25) is 0 Å². The zero-order valence-corrected chi connectivity index (χ0v) is 10.9. The van der Waals surface area contributed by atoms with Crippen LogP contribution in [0.1, 0.15) is 32.1 Å². The molecule has 0 spiro atoms. The molecular weight excluding hydrogens is 212 g/mol. The Morgan fingerprint density at radius 2 is 1.24 bits per heavy atom. The monoisotopic (exact) mass is 238 g/mol. The predicted molar refractivity (Wildman–Crippen MR) is 69.0 cm³/mol. The fourth-order valence-corrected chi connectivity index (χ4v) is 3.80. The highest BCUT2D eigenvalue weighted by Crippen LogP contribution is 2.27. The Balaban J connectivity index is 0.000000107. The van der Waals surface area contributed by atoms with Gasteiger partial charge in [0.15, 0.2) is 0 Å². The van der Waals surface area contributed by atoms with Crippen LogP contribution in [0, 0.1) is 11.8 Å². The van der Waals surface area contributed by atoms with Gasteiger partial charge in [0.25, 0.3) is 0 Å². The number of aliphatic hydroxyl groups is 1. The van der Waals surface area contributed by atoms with E-state index in [1.165, 1.54) is 64.8 Å². The topological polar surface area (TPSA) is 26.7 Å². The van der Waals surface area contributed by atoms with Gasteiger partial charge in [0.1, 0.15) is 0 Å². The van der Waals surface area contributed by atoms with Crippen LogP contribution in [0.4, 0.5) is 0 Å². The molecular formula is C14H26N2O. The van der Waals surface area contributed by atoms with E-state index in [2.05, 4.69) is 9.80 Å². The maximum absolute atomic E-state index is 9.36. The van der Waals surface area contributed by atoms with E-state index in [4.69, 9.17) is 0 Å². The van der Waals surface area contributed by atoms with Crippen LogP contribution >= 0.6 is 0 Å². The van der Waals surface area contributed by atoms with E-state index in [0.717, 1.165) is 12.5 Å². The van der Waals surface area contributed by atoms with Crippen LogP contribution in [0.5, 0.6) is 0 Å². The third-order valence-electron chi connectivity index (χ3n) is 5.18. The lowest BCUT2D eigenvalue weighted by molar-refractivity contribution is -0.0227. The van der Waals surface area contributed by atoms with Crippen molar-refractivity contribution in [2.24, 2.45) is 11.8 Å². The summed E-state index contributed by atoms with van der Waals surface area (Å²) in [5.74, 6) is 1.75. The van der Waals surface area contributed by atoms with Crippen LogP contribution in [0.3, 0.4) is 0 Å². The molecule has 1 atom stereocenters. The summed E-state index contributed by atoms with van der Waals surface area (Å²) in [6, 6.07) is 0. The predicted octanol–water partition coefficient (Wildman–Crippen LogP) is 1.17. The minimum absolute atomic E-state index is 0.00694. The maximum atomic E-state index is 9.36. The third-order valence-corrected chi connectivity index (χ3v) is 5.18. The fourth-order valence-electron chi connectivity index (χ4n) is 3.80. The van der Waals surface area contributed by atoms with Crippen molar-refractivity contribution in [1.29, 1.82) is 0 Å². The first-order valence-electron chi connectivity index (χ1n) is 7.44. The molecule has 1 unspecified atom stereocenters. The Bertz CT molecular complexity index is 220. The molecule has 0 saturated carbocycles. The van der Waals surface area contributed by atoms with Crippen LogP contribution in [0.25, 0.3) is 0 Å². The highest BCUT2D eigenvalue weighted by Gasteiger charge is 2.32. The molecule has 3 heteroatoms. The summed E-state index contributed by atoms with van der Waals surface area (Å²) in [5, 5.41) is 9.36. The molecule has 17 heavy (non-hydrogen) atoms. The molecule has 6 heterocycles. The van der Waals surface area contributed by atoms with Gasteiger partial charge in [-0.2, -0.15) is 0 Å². The lowest BCUT2D eigenvalue weighted by Gasteiger charge is -2.42. The molecule has 6 rings (SSSR count). The lowest BCUT2D eigenvalue weighted by atomic mass is 9.86. The van der Waals surface area contributed by atoms with E-state index in [0.29, 0.717) is 5.92 Å². The Morgan fingerprint density at radius 3 is 1.41 bits per heavy atom. The largest absolute Gasteiger partial charge is 0.392 e. The van der Waals surface area contributed by atoms with Gasteiger partial charge < -0.3 is 14.9 Å². The summed E-state index contributed by atoms with van der Waals surface area (Å²) in [6.07, 6.45) is 6.90. The molecule has 6 fully saturated rings. The van der Waals surface area contributed by atoms with Gasteiger partial charge in [-0.15, -0.1) is 0 Å². The van der Waals surface area contributed by atoms with Crippen molar-refractivity contribution in [1.82, 2.24) is 9.80 Å². The van der Waals surface area contributed by atoms with Crippen molar-refractivity contribution in [2.45, 2.75) is 38.2 Å². The zero-order valence-electron chi connectivity index (χ0n) is 10.9. The van der Waals surface area contributed by atoms with E-state index in [1.807, 2.05) is 0 Å². The lowest BCUT2D eigenvalue weighted by Crippen LogP contribution is -2.50. The first-order chi connectivity index (χ1) is 8.31. The summed E-state index contributed by atoms with van der Waals surface area (Å²) in [4.78, 5) is 4.94. The third kappa shape index (κ3) is 2.83. The number of fused-ring (bicyclic) bond motifs is 6. The average Bonchev–Trinajstić information content (AvgIpc) is 2.43. The van der Waals surface area contributed by atoms with Gasteiger partial charge in [-0.25, -0.2) is 0 Å². The molecule has 0 aromatic carbocycles. The number of rotatable bonds is 0. The minimum Gasteiger partial charge on any atom is -0.392 e. The number of nitrogens with zero attached hydrogens (tertiary/aromatic N) is 2. The number of aliphatic hydroxyl groups excluding tert-OH is 1. The Hall–Kier alpha value is -0.120. The molecule has 0 aromatic rings. The van der Waals surface area contributed by atoms with E-state index in [9.17, 15) is 5.11 Å². The standard InChI is InChI=1S/C7H13NO.C7H13N/c9-7-5-8-3-1-6(7)2-4-8;1-4-8-5-2-7(1)3-6-8/h6-7,9H,1-5H2;7H,1-6H2. The zero-order chi connectivity index (χ0) is 11.7. The fraction of sp³-hybridized carbons (Fsp3) is 1.00. The molecule has 6 saturated heterocycles. The smallest absolute Gasteiger partial charge is 0.0696 e. The van der Waals surface area contributed by atoms with Crippen molar-refractivity contribution in [3.63, 3.8) is 0 Å². The molecule has 0 radical (unpaired) electrons. The van der Waals surface area contributed by atoms with Crippen LogP contribution < -0.4 is 0 Å². The SMILES string of the molecule is C1CN2CCC1CC2.OC1CN2CCC1CC2. The van der Waals surface area contributed by atoms with Gasteiger partial charge in [-0.05, 0) is 76.7 Å². The normalized spacial score (nSPS) is 47.5. The average molecular weight is 238 g/mol. The highest BCUT2D eigenvalue weighted by molar-refractivity contribution is 4.85. The Morgan fingerprint density at radius 1 is 0.706 bits per heavy atom. The van der Waals surface area contributed by atoms with Crippen LogP contribution in [-0.2, 0) is 0 Å². The molecule has 0 aromatic heterocycles. The second-order valence-corrected chi connectivity index (χ2v) is 6.28.